The second-order valence-electron chi connectivity index (χ2n) is 9.28. The number of ether oxygens (including phenoxy) is 1. The summed E-state index contributed by atoms with van der Waals surface area (Å²) >= 11 is 0. The first kappa shape index (κ1) is 23.5. The normalized spacial score (nSPS) is 17.3. The molecule has 174 valence electrons. The summed E-state index contributed by atoms with van der Waals surface area (Å²) in [6, 6.07) is 29.1. The third-order valence-corrected chi connectivity index (χ3v) is 6.81. The molecule has 1 saturated heterocycles. The molecule has 0 radical (unpaired) electrons. The number of likely N-dealkylation sites (tertiary alicyclic amines) is 1. The molecule has 1 aliphatic heterocycles. The van der Waals surface area contributed by atoms with Crippen LogP contribution in [-0.4, -0.2) is 36.2 Å². The lowest BCUT2D eigenvalue weighted by Gasteiger charge is -2.41. The molecule has 1 aliphatic rings. The standard InChI is InChI=1S/C30H37NO2/c1-2-22-33-28-18-16-27(17-19-28)30(32,23-25-12-6-3-7-13-25)29(26-14-8-4-9-15-26)24-31-20-10-5-11-21-31/h3-4,6-9,12-19,29,32H,2,5,10-11,20-24H2,1H3/t29-,30+/m1/s1. The molecule has 0 spiro atoms. The Hall–Kier alpha value is -2.62. The van der Waals surface area contributed by atoms with Gasteiger partial charge in [-0.25, -0.2) is 0 Å². The van der Waals surface area contributed by atoms with Crippen molar-refractivity contribution < 1.29 is 9.84 Å². The van der Waals surface area contributed by atoms with Crippen molar-refractivity contribution in [2.75, 3.05) is 26.2 Å². The Balaban J connectivity index is 1.74. The van der Waals surface area contributed by atoms with Gasteiger partial charge >= 0.3 is 0 Å². The Morgan fingerprint density at radius 1 is 0.848 bits per heavy atom. The van der Waals surface area contributed by atoms with E-state index in [9.17, 15) is 5.11 Å². The molecule has 0 saturated carbocycles. The van der Waals surface area contributed by atoms with Gasteiger partial charge in [-0.1, -0.05) is 86.1 Å². The van der Waals surface area contributed by atoms with Crippen molar-refractivity contribution in [1.82, 2.24) is 4.90 Å². The number of hydrogen-bond acceptors (Lipinski definition) is 3. The average molecular weight is 444 g/mol. The van der Waals surface area contributed by atoms with Gasteiger partial charge in [0.1, 0.15) is 11.4 Å². The number of rotatable bonds is 10. The predicted molar refractivity (Wildman–Crippen MR) is 136 cm³/mol. The van der Waals surface area contributed by atoms with E-state index in [-0.39, 0.29) is 5.92 Å². The van der Waals surface area contributed by atoms with E-state index in [2.05, 4.69) is 78.6 Å². The predicted octanol–water partition coefficient (Wildman–Crippen LogP) is 6.18. The molecule has 1 N–H and O–H groups in total. The van der Waals surface area contributed by atoms with E-state index in [4.69, 9.17) is 4.74 Å². The van der Waals surface area contributed by atoms with Gasteiger partial charge in [0, 0.05) is 18.9 Å². The maximum absolute atomic E-state index is 12.6. The van der Waals surface area contributed by atoms with Gasteiger partial charge in [-0.05, 0) is 61.2 Å². The molecule has 4 rings (SSSR count). The second kappa shape index (κ2) is 11.5. The molecule has 1 fully saturated rings. The van der Waals surface area contributed by atoms with Gasteiger partial charge < -0.3 is 14.7 Å². The first-order chi connectivity index (χ1) is 16.2. The molecule has 0 unspecified atom stereocenters. The van der Waals surface area contributed by atoms with E-state index in [1.165, 1.54) is 24.8 Å². The first-order valence-corrected chi connectivity index (χ1v) is 12.5. The molecule has 0 bridgehead atoms. The van der Waals surface area contributed by atoms with Gasteiger partial charge in [0.15, 0.2) is 0 Å². The van der Waals surface area contributed by atoms with Crippen LogP contribution >= 0.6 is 0 Å². The number of benzene rings is 3. The summed E-state index contributed by atoms with van der Waals surface area (Å²) in [5.74, 6) is 0.814. The summed E-state index contributed by atoms with van der Waals surface area (Å²) in [6.45, 7) is 5.87. The fourth-order valence-electron chi connectivity index (χ4n) is 5.01. The number of nitrogens with zero attached hydrogens (tertiary/aromatic N) is 1. The lowest BCUT2D eigenvalue weighted by Crippen LogP contribution is -2.44. The van der Waals surface area contributed by atoms with Crippen LogP contribution in [0.15, 0.2) is 84.9 Å². The van der Waals surface area contributed by atoms with Crippen molar-refractivity contribution in [3.05, 3.63) is 102 Å². The smallest absolute Gasteiger partial charge is 0.119 e. The Morgan fingerprint density at radius 3 is 2.12 bits per heavy atom. The van der Waals surface area contributed by atoms with Gasteiger partial charge in [0.05, 0.1) is 6.61 Å². The van der Waals surface area contributed by atoms with E-state index < -0.39 is 5.60 Å². The van der Waals surface area contributed by atoms with Crippen LogP contribution in [0, 0.1) is 0 Å². The van der Waals surface area contributed by atoms with Gasteiger partial charge in [-0.3, -0.25) is 0 Å². The Bertz CT molecular complexity index is 952. The minimum atomic E-state index is -1.04. The topological polar surface area (TPSA) is 32.7 Å². The zero-order chi connectivity index (χ0) is 22.9. The monoisotopic (exact) mass is 443 g/mol. The lowest BCUT2D eigenvalue weighted by atomic mass is 9.73. The molecule has 0 aliphatic carbocycles. The molecule has 0 aromatic heterocycles. The van der Waals surface area contributed by atoms with Crippen molar-refractivity contribution in [1.29, 1.82) is 0 Å². The van der Waals surface area contributed by atoms with E-state index in [0.717, 1.165) is 42.9 Å². The van der Waals surface area contributed by atoms with Crippen molar-refractivity contribution >= 4 is 0 Å². The van der Waals surface area contributed by atoms with E-state index in [1.54, 1.807) is 0 Å². The Morgan fingerprint density at radius 2 is 1.48 bits per heavy atom. The fourth-order valence-corrected chi connectivity index (χ4v) is 5.01. The van der Waals surface area contributed by atoms with Crippen molar-refractivity contribution in [3.63, 3.8) is 0 Å². The Kier molecular flexibility index (Phi) is 8.20. The molecule has 33 heavy (non-hydrogen) atoms. The molecular formula is C30H37NO2. The molecule has 2 atom stereocenters. The summed E-state index contributed by atoms with van der Waals surface area (Å²) in [7, 11) is 0. The molecule has 3 aromatic rings. The van der Waals surface area contributed by atoms with E-state index in [1.807, 2.05) is 18.2 Å². The summed E-state index contributed by atoms with van der Waals surface area (Å²) in [5, 5.41) is 12.6. The summed E-state index contributed by atoms with van der Waals surface area (Å²) in [5.41, 5.74) is 2.24. The fraction of sp³-hybridized carbons (Fsp3) is 0.400. The number of hydrogen-bond donors (Lipinski definition) is 1. The molecular weight excluding hydrogens is 406 g/mol. The maximum atomic E-state index is 12.6. The highest BCUT2D eigenvalue weighted by Crippen LogP contribution is 2.41. The number of aliphatic hydroxyl groups is 1. The maximum Gasteiger partial charge on any atom is 0.119 e. The van der Waals surface area contributed by atoms with Gasteiger partial charge in [0.2, 0.25) is 0 Å². The van der Waals surface area contributed by atoms with Crippen LogP contribution in [0.2, 0.25) is 0 Å². The van der Waals surface area contributed by atoms with Gasteiger partial charge in [-0.15, -0.1) is 0 Å². The van der Waals surface area contributed by atoms with Crippen LogP contribution in [-0.2, 0) is 12.0 Å². The summed E-state index contributed by atoms with van der Waals surface area (Å²) in [6.07, 6.45) is 5.33. The van der Waals surface area contributed by atoms with E-state index >= 15 is 0 Å². The molecule has 1 heterocycles. The third kappa shape index (κ3) is 6.04. The minimum Gasteiger partial charge on any atom is -0.494 e. The van der Waals surface area contributed by atoms with Crippen LogP contribution < -0.4 is 4.74 Å². The van der Waals surface area contributed by atoms with Crippen LogP contribution in [0.25, 0.3) is 0 Å². The highest BCUT2D eigenvalue weighted by Gasteiger charge is 2.40. The summed E-state index contributed by atoms with van der Waals surface area (Å²) < 4.78 is 5.82. The van der Waals surface area contributed by atoms with Crippen LogP contribution in [0.5, 0.6) is 5.75 Å². The lowest BCUT2D eigenvalue weighted by molar-refractivity contribution is -0.00677. The number of piperidine rings is 1. The SMILES string of the molecule is CCCOc1ccc([C@@](O)(Cc2ccccc2)[C@H](CN2CCCCC2)c2ccccc2)cc1. The van der Waals surface area contributed by atoms with Crippen LogP contribution in [0.4, 0.5) is 0 Å². The molecule has 3 aromatic carbocycles. The highest BCUT2D eigenvalue weighted by molar-refractivity contribution is 5.37. The highest BCUT2D eigenvalue weighted by atomic mass is 16.5. The van der Waals surface area contributed by atoms with Crippen molar-refractivity contribution in [2.24, 2.45) is 0 Å². The van der Waals surface area contributed by atoms with Crippen LogP contribution in [0.1, 0.15) is 55.2 Å². The Labute approximate surface area is 199 Å². The van der Waals surface area contributed by atoms with Crippen molar-refractivity contribution in [2.45, 2.75) is 50.5 Å². The second-order valence-corrected chi connectivity index (χ2v) is 9.28. The summed E-state index contributed by atoms with van der Waals surface area (Å²) in [4.78, 5) is 2.54. The van der Waals surface area contributed by atoms with Gasteiger partial charge in [0.25, 0.3) is 0 Å². The zero-order valence-corrected chi connectivity index (χ0v) is 19.8. The largest absolute Gasteiger partial charge is 0.494 e. The average Bonchev–Trinajstić information content (AvgIpc) is 2.88. The quantitative estimate of drug-likeness (QED) is 0.406. The molecule has 3 nitrogen and oxygen atoms in total. The van der Waals surface area contributed by atoms with Crippen molar-refractivity contribution in [3.8, 4) is 5.75 Å². The van der Waals surface area contributed by atoms with Gasteiger partial charge in [-0.2, -0.15) is 0 Å². The van der Waals surface area contributed by atoms with Crippen LogP contribution in [0.3, 0.4) is 0 Å². The first-order valence-electron chi connectivity index (χ1n) is 12.5. The zero-order valence-electron chi connectivity index (χ0n) is 19.8. The molecule has 3 heteroatoms. The third-order valence-electron chi connectivity index (χ3n) is 6.81. The molecule has 0 amide bonds. The van der Waals surface area contributed by atoms with E-state index in [0.29, 0.717) is 13.0 Å². The minimum absolute atomic E-state index is 0.0422.